The molecule has 1 aliphatic carbocycles. The molecule has 1 saturated carbocycles. The Morgan fingerprint density at radius 2 is 1.81 bits per heavy atom. The average molecular weight is 289 g/mol. The molecule has 0 heterocycles. The van der Waals surface area contributed by atoms with Gasteiger partial charge >= 0.3 is 5.97 Å². The van der Waals surface area contributed by atoms with Crippen molar-refractivity contribution in [2.75, 3.05) is 11.9 Å². The van der Waals surface area contributed by atoms with Crippen LogP contribution in [-0.4, -0.2) is 18.6 Å². The van der Waals surface area contributed by atoms with E-state index in [4.69, 9.17) is 4.74 Å². The van der Waals surface area contributed by atoms with Gasteiger partial charge < -0.3 is 10.1 Å². The van der Waals surface area contributed by atoms with Crippen molar-refractivity contribution in [1.82, 2.24) is 0 Å². The summed E-state index contributed by atoms with van der Waals surface area (Å²) in [5.41, 5.74) is 2.23. The van der Waals surface area contributed by atoms with Crippen LogP contribution in [-0.2, 0) is 9.53 Å². The number of rotatable bonds is 5. The summed E-state index contributed by atoms with van der Waals surface area (Å²) in [6, 6.07) is 8.00. The molecular weight excluding hydrogens is 262 g/mol. The maximum atomic E-state index is 12.3. The Morgan fingerprint density at radius 3 is 2.38 bits per heavy atom. The fraction of sp³-hybridized carbons (Fsp3) is 0.611. The third-order valence-electron chi connectivity index (χ3n) is 4.29. The van der Waals surface area contributed by atoms with Gasteiger partial charge in [-0.25, -0.2) is 4.79 Å². The summed E-state index contributed by atoms with van der Waals surface area (Å²) in [5.74, 6) is 0.276. The summed E-state index contributed by atoms with van der Waals surface area (Å²) >= 11 is 0. The zero-order chi connectivity index (χ0) is 15.1. The summed E-state index contributed by atoms with van der Waals surface area (Å²) in [6.45, 7) is 4.38. The highest BCUT2D eigenvalue weighted by Gasteiger charge is 2.29. The van der Waals surface area contributed by atoms with Crippen LogP contribution in [0.25, 0.3) is 0 Å². The Hall–Kier alpha value is -1.51. The Bertz CT molecular complexity index is 433. The smallest absolute Gasteiger partial charge is 0.328 e. The summed E-state index contributed by atoms with van der Waals surface area (Å²) in [4.78, 5) is 12.3. The highest BCUT2D eigenvalue weighted by Crippen LogP contribution is 2.28. The Morgan fingerprint density at radius 1 is 1.19 bits per heavy atom. The quantitative estimate of drug-likeness (QED) is 0.648. The second-order valence-corrected chi connectivity index (χ2v) is 5.99. The van der Waals surface area contributed by atoms with Crippen LogP contribution in [0.5, 0.6) is 0 Å². The van der Waals surface area contributed by atoms with Crippen molar-refractivity contribution in [3.05, 3.63) is 29.8 Å². The number of hydrogen-bond donors (Lipinski definition) is 1. The van der Waals surface area contributed by atoms with Crippen LogP contribution in [0.4, 0.5) is 5.69 Å². The van der Waals surface area contributed by atoms with E-state index < -0.39 is 0 Å². The molecule has 3 nitrogen and oxygen atoms in total. The molecule has 0 aliphatic heterocycles. The summed E-state index contributed by atoms with van der Waals surface area (Å²) in [6.07, 6.45) is 7.24. The van der Waals surface area contributed by atoms with Gasteiger partial charge in [0.2, 0.25) is 0 Å². The van der Waals surface area contributed by atoms with Crippen LogP contribution < -0.4 is 5.32 Å². The van der Waals surface area contributed by atoms with Gasteiger partial charge in [0, 0.05) is 5.69 Å². The molecule has 0 amide bonds. The number of anilines is 1. The third-order valence-corrected chi connectivity index (χ3v) is 4.29. The molecule has 2 rings (SSSR count). The topological polar surface area (TPSA) is 38.3 Å². The predicted molar refractivity (Wildman–Crippen MR) is 86.4 cm³/mol. The lowest BCUT2D eigenvalue weighted by atomic mass is 9.91. The van der Waals surface area contributed by atoms with E-state index in [0.717, 1.165) is 18.5 Å². The lowest BCUT2D eigenvalue weighted by molar-refractivity contribution is -0.145. The van der Waals surface area contributed by atoms with Crippen molar-refractivity contribution in [3.8, 4) is 0 Å². The van der Waals surface area contributed by atoms with E-state index >= 15 is 0 Å². The first kappa shape index (κ1) is 15.9. The molecule has 3 heteroatoms. The maximum absolute atomic E-state index is 12.3. The lowest BCUT2D eigenvalue weighted by Gasteiger charge is -2.26. The minimum absolute atomic E-state index is 0.107. The van der Waals surface area contributed by atoms with Crippen LogP contribution in [0.1, 0.15) is 51.0 Å². The minimum atomic E-state index is -0.217. The molecule has 0 spiro atoms. The van der Waals surface area contributed by atoms with E-state index in [1.165, 1.54) is 31.2 Å². The molecule has 1 aliphatic rings. The second-order valence-electron chi connectivity index (χ2n) is 5.99. The first-order valence-electron chi connectivity index (χ1n) is 8.20. The number of esters is 1. The standard InChI is InChI=1S/C18H27NO2/c1-3-21-18(20)17(15-8-6-4-5-7-9-15)19-16-12-10-14(2)11-13-16/h10-13,15,17,19H,3-9H2,1-2H3. The molecule has 0 saturated heterocycles. The monoisotopic (exact) mass is 289 g/mol. The van der Waals surface area contributed by atoms with Gasteiger partial charge in [-0.15, -0.1) is 0 Å². The molecule has 0 aromatic heterocycles. The van der Waals surface area contributed by atoms with E-state index in [9.17, 15) is 4.79 Å². The van der Waals surface area contributed by atoms with Gasteiger partial charge in [0.15, 0.2) is 0 Å². The summed E-state index contributed by atoms with van der Waals surface area (Å²) in [7, 11) is 0. The molecule has 1 atom stereocenters. The zero-order valence-corrected chi connectivity index (χ0v) is 13.2. The molecule has 21 heavy (non-hydrogen) atoms. The SMILES string of the molecule is CCOC(=O)C(Nc1ccc(C)cc1)C1CCCCCC1. The fourth-order valence-electron chi connectivity index (χ4n) is 3.07. The Balaban J connectivity index is 2.10. The number of carbonyl (C=O) groups is 1. The Labute approximate surface area is 128 Å². The highest BCUT2D eigenvalue weighted by atomic mass is 16.5. The molecule has 0 bridgehead atoms. The van der Waals surface area contributed by atoms with Gasteiger partial charge in [0.25, 0.3) is 0 Å². The average Bonchev–Trinajstić information content (AvgIpc) is 2.76. The largest absolute Gasteiger partial charge is 0.464 e. The maximum Gasteiger partial charge on any atom is 0.328 e. The van der Waals surface area contributed by atoms with Gasteiger partial charge in [-0.2, -0.15) is 0 Å². The zero-order valence-electron chi connectivity index (χ0n) is 13.2. The van der Waals surface area contributed by atoms with Crippen LogP contribution in [0, 0.1) is 12.8 Å². The summed E-state index contributed by atoms with van der Waals surface area (Å²) in [5, 5.41) is 3.41. The predicted octanol–water partition coefficient (Wildman–Crippen LogP) is 4.31. The number of aryl methyl sites for hydroxylation is 1. The molecule has 1 aromatic carbocycles. The van der Waals surface area contributed by atoms with Crippen molar-refractivity contribution >= 4 is 11.7 Å². The van der Waals surface area contributed by atoms with E-state index in [1.807, 2.05) is 19.1 Å². The lowest BCUT2D eigenvalue weighted by Crippen LogP contribution is -2.38. The van der Waals surface area contributed by atoms with Crippen LogP contribution >= 0.6 is 0 Å². The molecule has 1 unspecified atom stereocenters. The normalized spacial score (nSPS) is 17.8. The first-order valence-corrected chi connectivity index (χ1v) is 8.20. The van der Waals surface area contributed by atoms with E-state index in [2.05, 4.69) is 24.4 Å². The molecule has 1 aromatic rings. The van der Waals surface area contributed by atoms with Gasteiger partial charge in [-0.1, -0.05) is 43.4 Å². The van der Waals surface area contributed by atoms with E-state index in [0.29, 0.717) is 12.5 Å². The number of hydrogen-bond acceptors (Lipinski definition) is 3. The second kappa shape index (κ2) is 8.06. The minimum Gasteiger partial charge on any atom is -0.464 e. The number of benzene rings is 1. The molecule has 1 fully saturated rings. The van der Waals surface area contributed by atoms with Crippen molar-refractivity contribution in [3.63, 3.8) is 0 Å². The molecule has 1 N–H and O–H groups in total. The first-order chi connectivity index (χ1) is 10.2. The molecular formula is C18H27NO2. The van der Waals surface area contributed by atoms with Crippen molar-refractivity contribution in [1.29, 1.82) is 0 Å². The summed E-state index contributed by atoms with van der Waals surface area (Å²) < 4.78 is 5.29. The van der Waals surface area contributed by atoms with Gasteiger partial charge in [-0.3, -0.25) is 0 Å². The highest BCUT2D eigenvalue weighted by molar-refractivity contribution is 5.79. The van der Waals surface area contributed by atoms with E-state index in [1.54, 1.807) is 0 Å². The van der Waals surface area contributed by atoms with Crippen molar-refractivity contribution in [2.24, 2.45) is 5.92 Å². The van der Waals surface area contributed by atoms with Crippen molar-refractivity contribution < 1.29 is 9.53 Å². The van der Waals surface area contributed by atoms with E-state index in [-0.39, 0.29) is 12.0 Å². The number of ether oxygens (including phenoxy) is 1. The third kappa shape index (κ3) is 4.76. The van der Waals surface area contributed by atoms with Crippen LogP contribution in [0.2, 0.25) is 0 Å². The Kier molecular flexibility index (Phi) is 6.09. The van der Waals surface area contributed by atoms with Gasteiger partial charge in [0.1, 0.15) is 6.04 Å². The van der Waals surface area contributed by atoms with Gasteiger partial charge in [0.05, 0.1) is 6.61 Å². The van der Waals surface area contributed by atoms with Crippen LogP contribution in [0.15, 0.2) is 24.3 Å². The van der Waals surface area contributed by atoms with Crippen molar-refractivity contribution in [2.45, 2.75) is 58.4 Å². The number of carbonyl (C=O) groups excluding carboxylic acids is 1. The molecule has 0 radical (unpaired) electrons. The van der Waals surface area contributed by atoms with Crippen LogP contribution in [0.3, 0.4) is 0 Å². The van der Waals surface area contributed by atoms with Gasteiger partial charge in [-0.05, 0) is 44.7 Å². The number of nitrogens with one attached hydrogen (secondary N) is 1. The fourth-order valence-corrected chi connectivity index (χ4v) is 3.07. The molecule has 116 valence electrons.